The maximum Gasteiger partial charge on any atom is 0.319 e. The van der Waals surface area contributed by atoms with Crippen LogP contribution in [0.25, 0.3) is 0 Å². The van der Waals surface area contributed by atoms with Gasteiger partial charge >= 0.3 is 11.9 Å². The van der Waals surface area contributed by atoms with Crippen LogP contribution in [-0.2, 0) is 25.6 Å². The number of carbonyl (C=O) groups is 2. The number of ether oxygens (including phenoxy) is 2. The number of rotatable bonds is 6. The average molecular weight is 294 g/mol. The van der Waals surface area contributed by atoms with E-state index >= 15 is 0 Å². The van der Waals surface area contributed by atoms with Gasteiger partial charge in [-0.1, -0.05) is 16.1 Å². The molecule has 1 rings (SSSR count). The summed E-state index contributed by atoms with van der Waals surface area (Å²) in [5, 5.41) is 3.81. The molecule has 0 amide bonds. The van der Waals surface area contributed by atoms with Crippen molar-refractivity contribution in [1.29, 1.82) is 0 Å². The molecule has 0 atom stereocenters. The van der Waals surface area contributed by atoms with Crippen LogP contribution in [0.2, 0.25) is 4.34 Å². The van der Waals surface area contributed by atoms with Crippen molar-refractivity contribution in [3.63, 3.8) is 0 Å². The molecule has 0 aliphatic rings. The van der Waals surface area contributed by atoms with Crippen LogP contribution in [0, 0.1) is 0 Å². The van der Waals surface area contributed by atoms with Gasteiger partial charge in [-0.2, -0.15) is 0 Å². The molecule has 0 N–H and O–H groups in total. The van der Waals surface area contributed by atoms with E-state index in [4.69, 9.17) is 11.6 Å². The van der Waals surface area contributed by atoms with Gasteiger partial charge in [-0.3, -0.25) is 14.5 Å². The second kappa shape index (κ2) is 7.24. The quantitative estimate of drug-likeness (QED) is 0.699. The maximum atomic E-state index is 11.2. The molecule has 100 valence electrons. The summed E-state index contributed by atoms with van der Waals surface area (Å²) < 4.78 is 13.2. The number of carbonyl (C=O) groups excluding carboxylic acids is 2. The van der Waals surface area contributed by atoms with Crippen molar-refractivity contribution < 1.29 is 19.1 Å². The Kier molecular flexibility index (Phi) is 5.96. The number of methoxy groups -OCH3 is 2. The Hall–Kier alpha value is -1.25. The molecule has 0 unspecified atom stereocenters. The molecule has 7 nitrogen and oxygen atoms in total. The summed E-state index contributed by atoms with van der Waals surface area (Å²) >= 11 is 6.90. The molecule has 0 aromatic carbocycles. The summed E-state index contributed by atoms with van der Waals surface area (Å²) in [6, 6.07) is 0. The average Bonchev–Trinajstić information content (AvgIpc) is 2.74. The molecule has 0 spiro atoms. The fourth-order valence-electron chi connectivity index (χ4n) is 1.17. The number of esters is 2. The first kappa shape index (κ1) is 14.8. The third-order valence-corrected chi connectivity index (χ3v) is 3.03. The van der Waals surface area contributed by atoms with E-state index in [2.05, 4.69) is 19.1 Å². The van der Waals surface area contributed by atoms with Crippen LogP contribution < -0.4 is 0 Å². The Morgan fingerprint density at radius 3 is 2.22 bits per heavy atom. The summed E-state index contributed by atoms with van der Waals surface area (Å²) in [7, 11) is 2.55. The molecule has 1 heterocycles. The van der Waals surface area contributed by atoms with E-state index in [1.165, 1.54) is 19.1 Å². The molecular weight excluding hydrogens is 282 g/mol. The van der Waals surface area contributed by atoms with Crippen LogP contribution in [-0.4, -0.2) is 53.7 Å². The molecule has 18 heavy (non-hydrogen) atoms. The van der Waals surface area contributed by atoms with Gasteiger partial charge in [0.2, 0.25) is 0 Å². The minimum absolute atomic E-state index is 0.0561. The summed E-state index contributed by atoms with van der Waals surface area (Å²) in [5.41, 5.74) is 0.509. The fraction of sp³-hybridized carbons (Fsp3) is 0.556. The van der Waals surface area contributed by atoms with E-state index in [0.29, 0.717) is 10.0 Å². The summed E-state index contributed by atoms with van der Waals surface area (Å²) in [5.74, 6) is -0.920. The van der Waals surface area contributed by atoms with E-state index in [0.717, 1.165) is 11.5 Å². The lowest BCUT2D eigenvalue weighted by Gasteiger charge is -2.18. The Labute approximate surface area is 113 Å². The first-order chi connectivity index (χ1) is 8.56. The highest BCUT2D eigenvalue weighted by Crippen LogP contribution is 2.18. The minimum Gasteiger partial charge on any atom is -0.468 e. The predicted molar refractivity (Wildman–Crippen MR) is 64.2 cm³/mol. The molecule has 0 aliphatic heterocycles. The molecule has 0 bridgehead atoms. The summed E-state index contributed by atoms with van der Waals surface area (Å²) in [4.78, 5) is 24.0. The zero-order valence-electron chi connectivity index (χ0n) is 9.88. The van der Waals surface area contributed by atoms with E-state index < -0.39 is 11.9 Å². The van der Waals surface area contributed by atoms with Crippen LogP contribution in [0.5, 0.6) is 0 Å². The van der Waals surface area contributed by atoms with Gasteiger partial charge in [-0.05, 0) is 0 Å². The van der Waals surface area contributed by atoms with Gasteiger partial charge in [0.15, 0.2) is 0 Å². The Balaban J connectivity index is 2.67. The standard InChI is InChI=1S/C9H12ClN3O4S/c1-16-7(14)4-13(5-8(15)17-2)3-6-9(10)18-12-11-6/h3-5H2,1-2H3. The molecular formula is C9H12ClN3O4S. The van der Waals surface area contributed by atoms with Gasteiger partial charge in [0.1, 0.15) is 10.0 Å². The van der Waals surface area contributed by atoms with E-state index in [1.807, 2.05) is 0 Å². The molecule has 0 saturated heterocycles. The second-order valence-corrected chi connectivity index (χ2v) is 4.65. The van der Waals surface area contributed by atoms with Gasteiger partial charge < -0.3 is 9.47 Å². The van der Waals surface area contributed by atoms with Crippen molar-refractivity contribution in [3.8, 4) is 0 Å². The zero-order chi connectivity index (χ0) is 13.5. The van der Waals surface area contributed by atoms with Crippen molar-refractivity contribution in [3.05, 3.63) is 10.0 Å². The van der Waals surface area contributed by atoms with Crippen molar-refractivity contribution in [2.45, 2.75) is 6.54 Å². The normalized spacial score (nSPS) is 10.4. The van der Waals surface area contributed by atoms with Crippen LogP contribution in [0.3, 0.4) is 0 Å². The zero-order valence-corrected chi connectivity index (χ0v) is 11.5. The molecule has 0 radical (unpaired) electrons. The highest BCUT2D eigenvalue weighted by atomic mass is 35.5. The van der Waals surface area contributed by atoms with E-state index in [-0.39, 0.29) is 19.6 Å². The lowest BCUT2D eigenvalue weighted by atomic mass is 10.4. The number of halogens is 1. The summed E-state index contributed by atoms with van der Waals surface area (Å²) in [6.45, 7) is 0.110. The number of nitrogens with zero attached hydrogens (tertiary/aromatic N) is 3. The topological polar surface area (TPSA) is 81.6 Å². The Morgan fingerprint density at radius 1 is 1.28 bits per heavy atom. The third-order valence-electron chi connectivity index (χ3n) is 2.04. The van der Waals surface area contributed by atoms with Crippen molar-refractivity contribution in [2.24, 2.45) is 0 Å². The maximum absolute atomic E-state index is 11.2. The second-order valence-electron chi connectivity index (χ2n) is 3.29. The summed E-state index contributed by atoms with van der Waals surface area (Å²) in [6.07, 6.45) is 0. The van der Waals surface area contributed by atoms with Gasteiger partial charge in [0.25, 0.3) is 0 Å². The van der Waals surface area contributed by atoms with E-state index in [9.17, 15) is 9.59 Å². The van der Waals surface area contributed by atoms with Crippen molar-refractivity contribution in [1.82, 2.24) is 14.5 Å². The monoisotopic (exact) mass is 293 g/mol. The molecule has 0 fully saturated rings. The van der Waals surface area contributed by atoms with Gasteiger partial charge in [0, 0.05) is 18.1 Å². The van der Waals surface area contributed by atoms with Crippen LogP contribution in [0.1, 0.15) is 5.69 Å². The van der Waals surface area contributed by atoms with Crippen LogP contribution >= 0.6 is 23.1 Å². The van der Waals surface area contributed by atoms with Gasteiger partial charge in [0.05, 0.1) is 27.3 Å². The number of hydrogen-bond acceptors (Lipinski definition) is 8. The number of aromatic nitrogens is 2. The molecule has 1 aromatic heterocycles. The molecule has 1 aromatic rings. The fourth-order valence-corrected chi connectivity index (χ4v) is 1.78. The van der Waals surface area contributed by atoms with Gasteiger partial charge in [-0.15, -0.1) is 5.10 Å². The molecule has 0 aliphatic carbocycles. The first-order valence-electron chi connectivity index (χ1n) is 4.89. The largest absolute Gasteiger partial charge is 0.468 e. The SMILES string of the molecule is COC(=O)CN(CC(=O)OC)Cc1nnsc1Cl. The molecule has 0 saturated carbocycles. The minimum atomic E-state index is -0.460. The Morgan fingerprint density at radius 2 is 1.83 bits per heavy atom. The highest BCUT2D eigenvalue weighted by Gasteiger charge is 2.18. The third kappa shape index (κ3) is 4.55. The smallest absolute Gasteiger partial charge is 0.319 e. The lowest BCUT2D eigenvalue weighted by Crippen LogP contribution is -2.35. The Bertz CT molecular complexity index is 408. The van der Waals surface area contributed by atoms with Crippen molar-refractivity contribution in [2.75, 3.05) is 27.3 Å². The van der Waals surface area contributed by atoms with Crippen LogP contribution in [0.4, 0.5) is 0 Å². The van der Waals surface area contributed by atoms with Crippen LogP contribution in [0.15, 0.2) is 0 Å². The van der Waals surface area contributed by atoms with Crippen molar-refractivity contribution >= 4 is 35.1 Å². The van der Waals surface area contributed by atoms with E-state index in [1.54, 1.807) is 0 Å². The number of hydrogen-bond donors (Lipinski definition) is 0. The predicted octanol–water partition coefficient (Wildman–Crippen LogP) is 0.339. The van der Waals surface area contributed by atoms with Gasteiger partial charge in [-0.25, -0.2) is 0 Å². The first-order valence-corrected chi connectivity index (χ1v) is 6.04. The highest BCUT2D eigenvalue weighted by molar-refractivity contribution is 7.10. The lowest BCUT2D eigenvalue weighted by molar-refractivity contribution is -0.145. The molecule has 9 heteroatoms.